The molecule has 7 rings (SSSR count). The maximum atomic E-state index is 14.8. The summed E-state index contributed by atoms with van der Waals surface area (Å²) < 4.78 is 24.3. The Morgan fingerprint density at radius 1 is 1.02 bits per heavy atom. The quantitative estimate of drug-likeness (QED) is 0.116. The number of benzene rings is 1. The van der Waals surface area contributed by atoms with Crippen LogP contribution in [-0.2, 0) is 23.9 Å². The highest BCUT2D eigenvalue weighted by molar-refractivity contribution is 7.14. The molecule has 1 aromatic carbocycles. The number of carbonyl (C=O) groups is 4. The van der Waals surface area contributed by atoms with Gasteiger partial charge in [-0.05, 0) is 68.4 Å². The molecule has 2 saturated carbocycles. The first-order chi connectivity index (χ1) is 30.0. The topological polar surface area (TPSA) is 194 Å². The molecule has 4 heterocycles. The van der Waals surface area contributed by atoms with E-state index in [1.54, 1.807) is 12.1 Å². The van der Waals surface area contributed by atoms with Crippen molar-refractivity contribution in [2.75, 3.05) is 51.3 Å². The van der Waals surface area contributed by atoms with Crippen LogP contribution in [0.1, 0.15) is 80.6 Å². The van der Waals surface area contributed by atoms with E-state index in [1.165, 1.54) is 16.2 Å². The van der Waals surface area contributed by atoms with Crippen molar-refractivity contribution in [2.24, 2.45) is 23.2 Å². The van der Waals surface area contributed by atoms with Crippen molar-refractivity contribution in [2.45, 2.75) is 117 Å². The third-order valence-electron chi connectivity index (χ3n) is 12.6. The van der Waals surface area contributed by atoms with Gasteiger partial charge in [-0.3, -0.25) is 14.5 Å². The van der Waals surface area contributed by atoms with E-state index in [9.17, 15) is 24.3 Å². The van der Waals surface area contributed by atoms with Gasteiger partial charge >= 0.3 is 12.1 Å². The maximum Gasteiger partial charge on any atom is 0.408 e. The van der Waals surface area contributed by atoms with Crippen LogP contribution in [0.15, 0.2) is 23.6 Å². The summed E-state index contributed by atoms with van der Waals surface area (Å²) in [5.41, 5.74) is 0.718. The van der Waals surface area contributed by atoms with Gasteiger partial charge in [0.1, 0.15) is 59.2 Å². The predicted octanol–water partition coefficient (Wildman–Crippen LogP) is 6.45. The molecule has 4 N–H and O–H groups in total. The van der Waals surface area contributed by atoms with E-state index in [1.807, 2.05) is 53.0 Å². The Labute approximate surface area is 378 Å². The number of alkyl carbamates (subject to hydrolysis) is 1. The second-order valence-electron chi connectivity index (χ2n) is 18.7. The molecule has 3 amide bonds. The van der Waals surface area contributed by atoms with Crippen molar-refractivity contribution < 1.29 is 43.2 Å². The molecule has 2 aliphatic heterocycles. The zero-order valence-electron chi connectivity index (χ0n) is 37.3. The van der Waals surface area contributed by atoms with Crippen molar-refractivity contribution in [1.29, 1.82) is 0 Å². The van der Waals surface area contributed by atoms with E-state index in [0.29, 0.717) is 89.4 Å². The highest BCUT2D eigenvalue weighted by Gasteiger charge is 2.54. The van der Waals surface area contributed by atoms with Crippen molar-refractivity contribution in [3.8, 4) is 22.9 Å². The Morgan fingerprint density at radius 2 is 1.75 bits per heavy atom. The van der Waals surface area contributed by atoms with Crippen molar-refractivity contribution in [3.63, 3.8) is 0 Å². The van der Waals surface area contributed by atoms with Gasteiger partial charge in [0.25, 0.3) is 0 Å². The van der Waals surface area contributed by atoms with E-state index in [-0.39, 0.29) is 31.5 Å². The predicted molar refractivity (Wildman–Crippen MR) is 240 cm³/mol. The lowest BCUT2D eigenvalue weighted by atomic mass is 9.85. The average molecular weight is 913 g/mol. The fraction of sp³-hybridized carbons (Fsp3) is 0.644. The number of pyridine rings is 1. The van der Waals surface area contributed by atoms with Crippen LogP contribution in [0.25, 0.3) is 22.3 Å². The Balaban J connectivity index is 1.18. The fourth-order valence-corrected chi connectivity index (χ4v) is 10.2. The number of aromatic nitrogens is 2. The zero-order valence-corrected chi connectivity index (χ0v) is 38.9. The summed E-state index contributed by atoms with van der Waals surface area (Å²) >= 11 is 8.54. The van der Waals surface area contributed by atoms with E-state index in [4.69, 9.17) is 40.5 Å². The van der Waals surface area contributed by atoms with Gasteiger partial charge in [0, 0.05) is 48.9 Å². The minimum atomic E-state index is -1.17. The van der Waals surface area contributed by atoms with Gasteiger partial charge < -0.3 is 44.9 Å². The summed E-state index contributed by atoms with van der Waals surface area (Å²) in [5, 5.41) is 22.3. The third-order valence-corrected chi connectivity index (χ3v) is 13.7. The lowest BCUT2D eigenvalue weighted by molar-refractivity contribution is -0.145. The van der Waals surface area contributed by atoms with Gasteiger partial charge in [-0.25, -0.2) is 19.6 Å². The largest absolute Gasteiger partial charge is 0.491 e. The number of carboxylic acids is 1. The van der Waals surface area contributed by atoms with Gasteiger partial charge in [-0.1, -0.05) is 52.6 Å². The number of ether oxygens (including phenoxy) is 4. The van der Waals surface area contributed by atoms with Gasteiger partial charge in [0.15, 0.2) is 5.13 Å². The normalized spacial score (nSPS) is 24.4. The Hall–Kier alpha value is -4.45. The number of rotatable bonds is 17. The lowest BCUT2D eigenvalue weighted by Crippen LogP contribution is -2.58. The third kappa shape index (κ3) is 11.1. The van der Waals surface area contributed by atoms with Gasteiger partial charge in [0.05, 0.1) is 31.0 Å². The van der Waals surface area contributed by atoms with E-state index in [2.05, 4.69) is 27.8 Å². The number of likely N-dealkylation sites (tertiary alicyclic amines) is 1. The molecule has 344 valence electrons. The van der Waals surface area contributed by atoms with Gasteiger partial charge in [-0.2, -0.15) is 0 Å². The minimum absolute atomic E-state index is 0.0369. The first-order valence-corrected chi connectivity index (χ1v) is 23.5. The van der Waals surface area contributed by atoms with Crippen LogP contribution in [0.4, 0.5) is 9.93 Å². The molecular formula is C45H62ClN7O9S. The summed E-state index contributed by atoms with van der Waals surface area (Å²) in [5.74, 6) is 0.331. The summed E-state index contributed by atoms with van der Waals surface area (Å²) in [6, 6.07) is 2.19. The van der Waals surface area contributed by atoms with E-state index < -0.39 is 53.5 Å². The number of aliphatic carboxylic acids is 1. The van der Waals surface area contributed by atoms with Crippen LogP contribution < -0.4 is 25.4 Å². The standard InChI is InChI=1S/C45H62ClN7O9S/c1-8-9-31(42(56)57)49-40(54)34-20-27(22-53(34)41(55)39(45(5,6)7)51-44(58)62-26-18-29-25(4)30(29)19-26)61-36-21-32(33-23-63-43(50-33)47-24(2)3)48-38-28(36)10-11-35(37(38)46)60-17-14-52-12-15-59-16-13-52/h10-11,21,23-27,29-31,34,39H,8-9,12-20,22H2,1-7H3,(H,47,50)(H,49,54)(H,51,58)(H,56,57)/t25?,26?,27?,29-,30+,31-,34+,39?/m1/s1. The number of carbonyl (C=O) groups excluding carboxylic acids is 3. The summed E-state index contributed by atoms with van der Waals surface area (Å²) in [4.78, 5) is 67.9. The monoisotopic (exact) mass is 911 g/mol. The number of carboxylic acid groups (broad SMARTS) is 1. The molecule has 18 heteroatoms. The van der Waals surface area contributed by atoms with Crippen molar-refractivity contribution in [1.82, 2.24) is 30.4 Å². The number of nitrogens with one attached hydrogen (secondary N) is 3. The van der Waals surface area contributed by atoms with Crippen molar-refractivity contribution in [3.05, 3.63) is 28.6 Å². The molecule has 8 atom stereocenters. The number of morpholine rings is 1. The van der Waals surface area contributed by atoms with Gasteiger partial charge in [0.2, 0.25) is 11.8 Å². The number of hydrogen-bond donors (Lipinski definition) is 4. The van der Waals surface area contributed by atoms with Gasteiger partial charge in [-0.15, -0.1) is 11.3 Å². The van der Waals surface area contributed by atoms with Crippen LogP contribution in [0.5, 0.6) is 11.5 Å². The maximum absolute atomic E-state index is 14.8. The fourth-order valence-electron chi connectivity index (χ4n) is 9.06. The minimum Gasteiger partial charge on any atom is -0.491 e. The lowest BCUT2D eigenvalue weighted by Gasteiger charge is -2.35. The smallest absolute Gasteiger partial charge is 0.408 e. The van der Waals surface area contributed by atoms with Crippen LogP contribution >= 0.6 is 22.9 Å². The zero-order chi connectivity index (χ0) is 45.2. The Kier molecular flexibility index (Phi) is 14.6. The molecule has 16 nitrogen and oxygen atoms in total. The number of anilines is 1. The Bertz CT molecular complexity index is 2130. The number of fused-ring (bicyclic) bond motifs is 2. The highest BCUT2D eigenvalue weighted by atomic mass is 35.5. The number of hydrogen-bond acceptors (Lipinski definition) is 13. The molecule has 0 spiro atoms. The molecule has 2 aliphatic carbocycles. The summed E-state index contributed by atoms with van der Waals surface area (Å²) in [7, 11) is 0. The molecule has 4 fully saturated rings. The number of halogens is 1. The molecule has 63 heavy (non-hydrogen) atoms. The average Bonchev–Trinajstić information content (AvgIpc) is 3.72. The number of thiazole rings is 1. The van der Waals surface area contributed by atoms with Crippen LogP contribution in [0.2, 0.25) is 5.02 Å². The van der Waals surface area contributed by atoms with Crippen LogP contribution in [0.3, 0.4) is 0 Å². The molecule has 3 aromatic rings. The molecule has 2 aromatic heterocycles. The molecule has 4 unspecified atom stereocenters. The second kappa shape index (κ2) is 19.7. The number of nitrogens with zero attached hydrogens (tertiary/aromatic N) is 4. The van der Waals surface area contributed by atoms with Crippen molar-refractivity contribution >= 4 is 62.8 Å². The summed E-state index contributed by atoms with van der Waals surface area (Å²) in [6.45, 7) is 17.7. The summed E-state index contributed by atoms with van der Waals surface area (Å²) in [6.07, 6.45) is 0.736. The number of amides is 3. The molecule has 0 radical (unpaired) electrons. The first-order valence-electron chi connectivity index (χ1n) is 22.3. The Morgan fingerprint density at radius 3 is 2.41 bits per heavy atom. The molecular weight excluding hydrogens is 850 g/mol. The SMILES string of the molecule is CCC[C@@H](NC(=O)[C@@H]1CC(Oc2cc(-c3csc(NC(C)C)n3)nc3c(Cl)c(OCCN4CCOCC4)ccc23)CN1C(=O)C(NC(=O)OC1C[C@@H]2C(C)[C@@H]2C1)C(C)(C)C)C(=O)O. The van der Waals surface area contributed by atoms with E-state index in [0.717, 1.165) is 31.1 Å². The van der Waals surface area contributed by atoms with Crippen LogP contribution in [0, 0.1) is 23.2 Å². The molecule has 2 saturated heterocycles. The first kappa shape index (κ1) is 46.5. The highest BCUT2D eigenvalue weighted by Crippen LogP contribution is 2.57. The van der Waals surface area contributed by atoms with Crippen LogP contribution in [-0.4, -0.2) is 131 Å². The van der Waals surface area contributed by atoms with E-state index >= 15 is 0 Å². The molecule has 4 aliphatic rings. The molecule has 0 bridgehead atoms. The second-order valence-corrected chi connectivity index (χ2v) is 20.0.